The van der Waals surface area contributed by atoms with Crippen molar-refractivity contribution in [2.45, 2.75) is 90.5 Å². The summed E-state index contributed by atoms with van der Waals surface area (Å²) in [6.45, 7) is 7.95. The molecule has 0 aromatic carbocycles. The predicted octanol–water partition coefficient (Wildman–Crippen LogP) is 5.68. The zero-order valence-corrected chi connectivity index (χ0v) is 28.2. The molecule has 0 radical (unpaired) electrons. The fourth-order valence-electron chi connectivity index (χ4n) is 5.36. The van der Waals surface area contributed by atoms with Gasteiger partial charge < -0.3 is 0 Å². The van der Waals surface area contributed by atoms with Gasteiger partial charge in [-0.3, -0.25) is 27.9 Å². The Labute approximate surface area is 275 Å². The number of H-pyrrole nitrogens is 1. The first kappa shape index (κ1) is 34.6. The van der Waals surface area contributed by atoms with Crippen molar-refractivity contribution in [3.63, 3.8) is 0 Å². The van der Waals surface area contributed by atoms with E-state index >= 15 is 0 Å². The molecule has 5 heterocycles. The average Bonchev–Trinajstić information content (AvgIpc) is 3.53. The molecule has 5 aromatic rings. The van der Waals surface area contributed by atoms with Crippen LogP contribution in [0, 0.1) is 5.95 Å². The molecule has 1 fully saturated rings. The fourth-order valence-corrected chi connectivity index (χ4v) is 7.11. The molecule has 6 rings (SSSR count). The van der Waals surface area contributed by atoms with E-state index in [1.54, 1.807) is 53.7 Å². The van der Waals surface area contributed by atoms with Crippen LogP contribution in [0.3, 0.4) is 0 Å². The third-order valence-electron chi connectivity index (χ3n) is 7.27. The number of halogens is 4. The summed E-state index contributed by atoms with van der Waals surface area (Å²) in [6.07, 6.45) is -0.582. The SMILES string of the molecule is CC(C)(C)OP(=O)(OCn1cc(-c2cc([C@H]3C[C@@H]3c3ccc4cnn(CC(F)(F)F)c4n3)c3ncc(F)n3n2)c(=O)[nH]c1=O)OC(C)(C)C. The molecule has 14 nitrogen and oxygen atoms in total. The summed E-state index contributed by atoms with van der Waals surface area (Å²) >= 11 is 0. The lowest BCUT2D eigenvalue weighted by Gasteiger charge is -2.30. The molecule has 0 amide bonds. The number of phosphoric acid groups is 1. The number of alkyl halides is 3. The zero-order valence-electron chi connectivity index (χ0n) is 27.3. The van der Waals surface area contributed by atoms with Crippen LogP contribution in [0.5, 0.6) is 0 Å². The van der Waals surface area contributed by atoms with Crippen LogP contribution < -0.4 is 11.2 Å². The van der Waals surface area contributed by atoms with Gasteiger partial charge in [0.05, 0.1) is 34.9 Å². The van der Waals surface area contributed by atoms with Gasteiger partial charge in [-0.1, -0.05) is 0 Å². The van der Waals surface area contributed by atoms with Gasteiger partial charge in [-0.15, -0.1) is 0 Å². The molecule has 19 heteroatoms. The van der Waals surface area contributed by atoms with E-state index in [2.05, 4.69) is 25.1 Å². The minimum absolute atomic E-state index is 0.0215. The number of nitrogens with one attached hydrogen (secondary N) is 1. The van der Waals surface area contributed by atoms with Gasteiger partial charge in [0.15, 0.2) is 11.3 Å². The number of phosphoric ester groups is 1. The Kier molecular flexibility index (Phi) is 8.45. The Hall–Kier alpha value is -4.25. The lowest BCUT2D eigenvalue weighted by Crippen LogP contribution is -2.32. The van der Waals surface area contributed by atoms with Crippen molar-refractivity contribution in [1.82, 2.24) is 38.9 Å². The van der Waals surface area contributed by atoms with E-state index in [4.69, 9.17) is 13.6 Å². The zero-order chi connectivity index (χ0) is 35.7. The minimum Gasteiger partial charge on any atom is -0.281 e. The molecule has 1 N–H and O–H groups in total. The van der Waals surface area contributed by atoms with Gasteiger partial charge in [-0.2, -0.15) is 32.3 Å². The highest BCUT2D eigenvalue weighted by atomic mass is 31.2. The van der Waals surface area contributed by atoms with Crippen molar-refractivity contribution in [2.24, 2.45) is 0 Å². The fraction of sp³-hybridized carbons (Fsp3) is 0.467. The quantitative estimate of drug-likeness (QED) is 0.149. The number of fused-ring (bicyclic) bond motifs is 2. The molecule has 5 aromatic heterocycles. The summed E-state index contributed by atoms with van der Waals surface area (Å²) in [5, 5.41) is 8.52. The lowest BCUT2D eigenvalue weighted by atomic mass is 10.1. The highest BCUT2D eigenvalue weighted by molar-refractivity contribution is 7.48. The topological polar surface area (TPSA) is 161 Å². The van der Waals surface area contributed by atoms with Crippen LogP contribution in [0.25, 0.3) is 27.9 Å². The van der Waals surface area contributed by atoms with Gasteiger partial charge in [0.25, 0.3) is 5.56 Å². The number of imidazole rings is 1. The van der Waals surface area contributed by atoms with Gasteiger partial charge in [0.1, 0.15) is 13.3 Å². The van der Waals surface area contributed by atoms with Crippen molar-refractivity contribution in [2.75, 3.05) is 0 Å². The van der Waals surface area contributed by atoms with Crippen LogP contribution in [0.2, 0.25) is 0 Å². The van der Waals surface area contributed by atoms with E-state index in [0.717, 1.165) is 26.2 Å². The van der Waals surface area contributed by atoms with Crippen LogP contribution in [-0.2, 0) is 31.4 Å². The largest absolute Gasteiger partial charge is 0.477 e. The van der Waals surface area contributed by atoms with Gasteiger partial charge in [-0.05, 0) is 72.1 Å². The smallest absolute Gasteiger partial charge is 0.281 e. The van der Waals surface area contributed by atoms with Crippen molar-refractivity contribution in [1.29, 1.82) is 0 Å². The minimum atomic E-state index is -4.49. The molecule has 262 valence electrons. The summed E-state index contributed by atoms with van der Waals surface area (Å²) < 4.78 is 87.1. The van der Waals surface area contributed by atoms with Crippen molar-refractivity contribution in [3.05, 3.63) is 74.8 Å². The molecule has 0 aliphatic heterocycles. The first-order valence-corrected chi connectivity index (χ1v) is 16.6. The van der Waals surface area contributed by atoms with E-state index in [9.17, 15) is 31.7 Å². The summed E-state index contributed by atoms with van der Waals surface area (Å²) in [7, 11) is -4.25. The molecule has 1 saturated carbocycles. The Morgan fingerprint density at radius 3 is 2.35 bits per heavy atom. The van der Waals surface area contributed by atoms with Crippen molar-refractivity contribution >= 4 is 24.5 Å². The highest BCUT2D eigenvalue weighted by Gasteiger charge is 2.43. The van der Waals surface area contributed by atoms with Crippen molar-refractivity contribution in [3.8, 4) is 11.3 Å². The van der Waals surface area contributed by atoms with E-state index in [1.165, 1.54) is 12.3 Å². The third-order valence-corrected chi connectivity index (χ3v) is 9.25. The van der Waals surface area contributed by atoms with E-state index < -0.39 is 55.7 Å². The van der Waals surface area contributed by atoms with Crippen LogP contribution in [0.1, 0.15) is 71.1 Å². The number of nitrogens with zero attached hydrogens (tertiary/aromatic N) is 7. The summed E-state index contributed by atoms with van der Waals surface area (Å²) in [5.41, 5.74) is -2.53. The number of rotatable bonds is 9. The van der Waals surface area contributed by atoms with Gasteiger partial charge in [0, 0.05) is 28.8 Å². The molecule has 0 unspecified atom stereocenters. The highest BCUT2D eigenvalue weighted by Crippen LogP contribution is 2.56. The summed E-state index contributed by atoms with van der Waals surface area (Å²) in [6, 6.07) is 4.87. The number of pyridine rings is 1. The van der Waals surface area contributed by atoms with Crippen LogP contribution in [-0.4, -0.2) is 56.3 Å². The second-order valence-corrected chi connectivity index (χ2v) is 15.2. The Balaban J connectivity index is 1.34. The Morgan fingerprint density at radius 1 is 1.00 bits per heavy atom. The average molecular weight is 709 g/mol. The normalized spacial score (nSPS) is 17.3. The van der Waals surface area contributed by atoms with Crippen LogP contribution in [0.15, 0.2) is 46.4 Å². The molecule has 2 atom stereocenters. The van der Waals surface area contributed by atoms with Crippen LogP contribution >= 0.6 is 7.82 Å². The second kappa shape index (κ2) is 12.0. The summed E-state index contributed by atoms with van der Waals surface area (Å²) in [5.74, 6) is -1.39. The standard InChI is InChI=1S/C30H33F4N8O6P/c1-28(2,3)47-49(45,48-29(4,5)6)46-15-40-13-20(26(43)38-27(40)44)22-10-19(25-35-12-23(31)42(25)39-22)17-9-18(17)21-8-7-16-11-36-41(24(16)37-21)14-30(32,33)34/h7-8,10-13,17-18H,9,14-15H2,1-6H3,(H,38,43,44)/t17-,18-/m0/s1. The van der Waals surface area contributed by atoms with Gasteiger partial charge in [0.2, 0.25) is 5.95 Å². The molecule has 0 saturated heterocycles. The maximum atomic E-state index is 14.9. The number of aromatic amines is 1. The maximum Gasteiger partial charge on any atom is 0.477 e. The van der Waals surface area contributed by atoms with E-state index in [-0.39, 0.29) is 34.4 Å². The first-order valence-electron chi connectivity index (χ1n) is 15.1. The molecular formula is C30H33F4N8O6P. The van der Waals surface area contributed by atoms with Gasteiger partial charge >= 0.3 is 19.7 Å². The maximum absolute atomic E-state index is 14.9. The number of hydrogen-bond donors (Lipinski definition) is 1. The van der Waals surface area contributed by atoms with Crippen LogP contribution in [0.4, 0.5) is 17.6 Å². The third kappa shape index (κ3) is 7.66. The molecule has 0 bridgehead atoms. The monoisotopic (exact) mass is 708 g/mol. The first-order chi connectivity index (χ1) is 22.7. The molecule has 1 aliphatic carbocycles. The number of hydrogen-bond acceptors (Lipinski definition) is 10. The number of aromatic nitrogens is 8. The molecule has 49 heavy (non-hydrogen) atoms. The Bertz CT molecular complexity index is 2210. The molecule has 0 spiro atoms. The van der Waals surface area contributed by atoms with E-state index in [1.807, 2.05) is 0 Å². The lowest BCUT2D eigenvalue weighted by molar-refractivity contribution is -0.141. The molecular weight excluding hydrogens is 675 g/mol. The van der Waals surface area contributed by atoms with Crippen molar-refractivity contribution < 1.29 is 35.7 Å². The van der Waals surface area contributed by atoms with Gasteiger partial charge in [-0.25, -0.2) is 24.0 Å². The molecule has 1 aliphatic rings. The second-order valence-electron chi connectivity index (χ2n) is 13.7. The summed E-state index contributed by atoms with van der Waals surface area (Å²) in [4.78, 5) is 36.7. The van der Waals surface area contributed by atoms with E-state index in [0.29, 0.717) is 23.1 Å². The predicted molar refractivity (Wildman–Crippen MR) is 167 cm³/mol. The Morgan fingerprint density at radius 2 is 1.69 bits per heavy atom.